The van der Waals surface area contributed by atoms with Gasteiger partial charge in [0.15, 0.2) is 0 Å². The van der Waals surface area contributed by atoms with Crippen LogP contribution < -0.4 is 20.7 Å². The summed E-state index contributed by atoms with van der Waals surface area (Å²) in [5.74, 6) is -0.254. The van der Waals surface area contributed by atoms with Crippen LogP contribution in [0.25, 0.3) is 0 Å². The third-order valence-electron chi connectivity index (χ3n) is 4.01. The first kappa shape index (κ1) is 22.2. The van der Waals surface area contributed by atoms with Gasteiger partial charge in [-0.25, -0.2) is 0 Å². The fourth-order valence-electron chi connectivity index (χ4n) is 2.56. The van der Waals surface area contributed by atoms with E-state index < -0.39 is 0 Å². The molecule has 0 aromatic heterocycles. The smallest absolute Gasteiger partial charge is 0.255 e. The summed E-state index contributed by atoms with van der Waals surface area (Å²) < 4.78 is 5.16. The van der Waals surface area contributed by atoms with E-state index in [1.165, 1.54) is 13.2 Å². The number of methoxy groups -OCH3 is 1. The van der Waals surface area contributed by atoms with Gasteiger partial charge in [0.25, 0.3) is 11.8 Å². The van der Waals surface area contributed by atoms with Crippen molar-refractivity contribution >= 4 is 35.0 Å². The monoisotopic (exact) mass is 417 g/mol. The molecule has 29 heavy (non-hydrogen) atoms. The van der Waals surface area contributed by atoms with Crippen LogP contribution in [0, 0.1) is 0 Å². The molecule has 0 aliphatic carbocycles. The molecule has 0 radical (unpaired) electrons. The highest BCUT2D eigenvalue weighted by Crippen LogP contribution is 2.22. The van der Waals surface area contributed by atoms with E-state index in [-0.39, 0.29) is 30.8 Å². The van der Waals surface area contributed by atoms with Gasteiger partial charge in [-0.05, 0) is 48.9 Å². The van der Waals surface area contributed by atoms with Gasteiger partial charge >= 0.3 is 0 Å². The Balaban J connectivity index is 1.80. The Labute approximate surface area is 174 Å². The predicted octanol–water partition coefficient (Wildman–Crippen LogP) is 3.25. The largest absolute Gasteiger partial charge is 0.496 e. The molecule has 0 unspecified atom stereocenters. The van der Waals surface area contributed by atoms with Gasteiger partial charge in [0, 0.05) is 35.8 Å². The number of hydrogen-bond acceptors (Lipinski definition) is 4. The lowest BCUT2D eigenvalue weighted by Crippen LogP contribution is -2.34. The van der Waals surface area contributed by atoms with Crippen molar-refractivity contribution < 1.29 is 19.1 Å². The minimum atomic E-state index is -0.342. The van der Waals surface area contributed by atoms with Gasteiger partial charge in [0.2, 0.25) is 5.91 Å². The summed E-state index contributed by atoms with van der Waals surface area (Å²) in [6.07, 6.45) is 1.22. The molecule has 0 spiro atoms. The van der Waals surface area contributed by atoms with Gasteiger partial charge in [-0.2, -0.15) is 0 Å². The van der Waals surface area contributed by atoms with Crippen LogP contribution in [0.15, 0.2) is 42.5 Å². The van der Waals surface area contributed by atoms with Gasteiger partial charge < -0.3 is 20.7 Å². The zero-order chi connectivity index (χ0) is 21.2. The fraction of sp³-hybridized carbons (Fsp3) is 0.286. The van der Waals surface area contributed by atoms with Crippen molar-refractivity contribution in [2.45, 2.75) is 19.8 Å². The highest BCUT2D eigenvalue weighted by molar-refractivity contribution is 6.31. The maximum Gasteiger partial charge on any atom is 0.255 e. The molecule has 0 aliphatic rings. The van der Waals surface area contributed by atoms with Gasteiger partial charge in [-0.1, -0.05) is 18.5 Å². The normalized spacial score (nSPS) is 10.2. The molecule has 0 atom stereocenters. The summed E-state index contributed by atoms with van der Waals surface area (Å²) in [6.45, 7) is 2.43. The second-order valence-electron chi connectivity index (χ2n) is 6.23. The minimum Gasteiger partial charge on any atom is -0.496 e. The summed E-state index contributed by atoms with van der Waals surface area (Å²) in [4.78, 5) is 36.0. The van der Waals surface area contributed by atoms with Crippen molar-refractivity contribution in [1.82, 2.24) is 10.6 Å². The molecule has 0 aliphatic heterocycles. The van der Waals surface area contributed by atoms with Gasteiger partial charge in [-0.3, -0.25) is 14.4 Å². The molecule has 3 N–H and O–H groups in total. The first-order valence-corrected chi connectivity index (χ1v) is 9.62. The molecular weight excluding hydrogens is 394 g/mol. The number of rotatable bonds is 9. The average molecular weight is 418 g/mol. The number of carbonyl (C=O) groups is 3. The van der Waals surface area contributed by atoms with E-state index in [4.69, 9.17) is 16.3 Å². The van der Waals surface area contributed by atoms with Crippen LogP contribution in [0.5, 0.6) is 5.75 Å². The lowest BCUT2D eigenvalue weighted by molar-refractivity contribution is -0.116. The number of nitrogens with one attached hydrogen (secondary N) is 3. The van der Waals surface area contributed by atoms with E-state index in [1.807, 2.05) is 6.92 Å². The van der Waals surface area contributed by atoms with Crippen molar-refractivity contribution in [2.75, 3.05) is 25.5 Å². The number of anilines is 1. The molecule has 154 valence electrons. The standard InChI is InChI=1S/C21H24ClN3O4/c1-3-4-19(26)25-16-8-5-14(6-9-16)20(27)23-11-12-24-21(28)17-13-15(22)7-10-18(17)29-2/h5-10,13H,3-4,11-12H2,1-2H3,(H,23,27)(H,24,28)(H,25,26). The first-order chi connectivity index (χ1) is 13.9. The summed E-state index contributed by atoms with van der Waals surface area (Å²) in [5.41, 5.74) is 1.43. The fourth-order valence-corrected chi connectivity index (χ4v) is 2.73. The zero-order valence-electron chi connectivity index (χ0n) is 16.4. The molecule has 0 saturated carbocycles. The van der Waals surface area contributed by atoms with Crippen molar-refractivity contribution in [1.29, 1.82) is 0 Å². The lowest BCUT2D eigenvalue weighted by atomic mass is 10.2. The van der Waals surface area contributed by atoms with E-state index >= 15 is 0 Å². The molecule has 2 rings (SSSR count). The van der Waals surface area contributed by atoms with Crippen molar-refractivity contribution in [3.8, 4) is 5.75 Å². The molecule has 3 amide bonds. The Morgan fingerprint density at radius 2 is 1.62 bits per heavy atom. The van der Waals surface area contributed by atoms with Crippen molar-refractivity contribution in [3.05, 3.63) is 58.6 Å². The Kier molecular flexibility index (Phi) is 8.48. The zero-order valence-corrected chi connectivity index (χ0v) is 17.1. The number of benzene rings is 2. The van der Waals surface area contributed by atoms with Gasteiger partial charge in [-0.15, -0.1) is 0 Å². The van der Waals surface area contributed by atoms with Crippen LogP contribution in [0.1, 0.15) is 40.5 Å². The van der Waals surface area contributed by atoms with Crippen LogP contribution in [0.3, 0.4) is 0 Å². The highest BCUT2D eigenvalue weighted by Gasteiger charge is 2.13. The molecule has 2 aromatic rings. The second kappa shape index (κ2) is 11.1. The summed E-state index contributed by atoms with van der Waals surface area (Å²) in [5, 5.41) is 8.63. The quantitative estimate of drug-likeness (QED) is 0.545. The van der Waals surface area contributed by atoms with E-state index in [1.54, 1.807) is 36.4 Å². The average Bonchev–Trinajstić information content (AvgIpc) is 2.71. The van der Waals surface area contributed by atoms with E-state index in [0.717, 1.165) is 6.42 Å². The number of hydrogen-bond donors (Lipinski definition) is 3. The van der Waals surface area contributed by atoms with Crippen LogP contribution >= 0.6 is 11.6 Å². The predicted molar refractivity (Wildman–Crippen MR) is 113 cm³/mol. The maximum absolute atomic E-state index is 12.3. The Morgan fingerprint density at radius 1 is 0.966 bits per heavy atom. The lowest BCUT2D eigenvalue weighted by Gasteiger charge is -2.10. The first-order valence-electron chi connectivity index (χ1n) is 9.24. The van der Waals surface area contributed by atoms with Crippen LogP contribution in [-0.2, 0) is 4.79 Å². The number of halogens is 1. The molecule has 0 heterocycles. The Bertz CT molecular complexity index is 869. The summed E-state index contributed by atoms with van der Waals surface area (Å²) in [6, 6.07) is 11.4. The summed E-state index contributed by atoms with van der Waals surface area (Å²) in [7, 11) is 1.47. The highest BCUT2D eigenvalue weighted by atomic mass is 35.5. The minimum absolute atomic E-state index is 0.0585. The third kappa shape index (κ3) is 6.80. The Morgan fingerprint density at radius 3 is 2.24 bits per heavy atom. The molecule has 0 fully saturated rings. The molecule has 8 heteroatoms. The number of ether oxygens (including phenoxy) is 1. The van der Waals surface area contributed by atoms with Crippen molar-refractivity contribution in [3.63, 3.8) is 0 Å². The maximum atomic E-state index is 12.3. The van der Waals surface area contributed by atoms with Crippen LogP contribution in [0.2, 0.25) is 5.02 Å². The number of carbonyl (C=O) groups excluding carboxylic acids is 3. The van der Waals surface area contributed by atoms with Crippen LogP contribution in [0.4, 0.5) is 5.69 Å². The van der Waals surface area contributed by atoms with Gasteiger partial charge in [0.05, 0.1) is 12.7 Å². The SMILES string of the molecule is CCCC(=O)Nc1ccc(C(=O)NCCNC(=O)c2cc(Cl)ccc2OC)cc1. The second-order valence-corrected chi connectivity index (χ2v) is 6.67. The molecule has 0 saturated heterocycles. The Hall–Kier alpha value is -3.06. The molecule has 7 nitrogen and oxygen atoms in total. The van der Waals surface area contributed by atoms with Crippen LogP contribution in [-0.4, -0.2) is 37.9 Å². The molecule has 0 bridgehead atoms. The van der Waals surface area contributed by atoms with E-state index in [0.29, 0.717) is 34.0 Å². The molecule has 2 aromatic carbocycles. The van der Waals surface area contributed by atoms with E-state index in [9.17, 15) is 14.4 Å². The number of amides is 3. The third-order valence-corrected chi connectivity index (χ3v) is 4.25. The van der Waals surface area contributed by atoms with E-state index in [2.05, 4.69) is 16.0 Å². The summed E-state index contributed by atoms with van der Waals surface area (Å²) >= 11 is 5.93. The topological polar surface area (TPSA) is 96.5 Å². The molecular formula is C21H24ClN3O4. The van der Waals surface area contributed by atoms with Gasteiger partial charge in [0.1, 0.15) is 5.75 Å². The van der Waals surface area contributed by atoms with Crippen molar-refractivity contribution in [2.24, 2.45) is 0 Å².